The second-order valence-corrected chi connectivity index (χ2v) is 10.0. The van der Waals surface area contributed by atoms with Crippen molar-refractivity contribution in [1.82, 2.24) is 9.62 Å². The van der Waals surface area contributed by atoms with Crippen LogP contribution in [0.3, 0.4) is 0 Å². The number of nitrogens with zero attached hydrogens (tertiary/aromatic N) is 3. The van der Waals surface area contributed by atoms with Gasteiger partial charge in [-0.05, 0) is 42.0 Å². The van der Waals surface area contributed by atoms with E-state index in [-0.39, 0.29) is 10.5 Å². The summed E-state index contributed by atoms with van der Waals surface area (Å²) in [6, 6.07) is 25.7. The highest BCUT2D eigenvalue weighted by atomic mass is 32.2. The molecule has 0 saturated carbocycles. The number of hydrogen-bond donors (Lipinski definition) is 2. The molecule has 1 aliphatic heterocycles. The Morgan fingerprint density at radius 3 is 2.23 bits per heavy atom. The maximum absolute atomic E-state index is 12.5. The number of hydrogen-bond acceptors (Lipinski definition) is 6. The first-order valence-electron chi connectivity index (χ1n) is 11.3. The Labute approximate surface area is 205 Å². The minimum atomic E-state index is -3.98. The first kappa shape index (κ1) is 24.4. The predicted molar refractivity (Wildman–Crippen MR) is 135 cm³/mol. The van der Waals surface area contributed by atoms with Crippen LogP contribution in [0, 0.1) is 11.3 Å². The third-order valence-electron chi connectivity index (χ3n) is 5.86. The molecule has 0 bridgehead atoms. The molecule has 35 heavy (non-hydrogen) atoms. The molecular weight excluding hydrogens is 462 g/mol. The van der Waals surface area contributed by atoms with Crippen LogP contribution in [0.25, 0.3) is 0 Å². The van der Waals surface area contributed by atoms with Gasteiger partial charge < -0.3 is 10.2 Å². The highest BCUT2D eigenvalue weighted by Crippen LogP contribution is 2.20. The molecule has 1 amide bonds. The molecule has 1 heterocycles. The minimum Gasteiger partial charge on any atom is -0.369 e. The van der Waals surface area contributed by atoms with E-state index in [1.807, 2.05) is 36.4 Å². The predicted octanol–water partition coefficient (Wildman–Crippen LogP) is 2.80. The van der Waals surface area contributed by atoms with Gasteiger partial charge in [0.25, 0.3) is 0 Å². The van der Waals surface area contributed by atoms with Crippen molar-refractivity contribution in [3.8, 4) is 6.07 Å². The van der Waals surface area contributed by atoms with Gasteiger partial charge in [0.1, 0.15) is 6.07 Å². The number of carbonyl (C=O) groups is 1. The van der Waals surface area contributed by atoms with E-state index in [0.717, 1.165) is 38.4 Å². The standard InChI is InChI=1S/C26H27N5O3S/c27-18-22-8-4-5-9-25(22)35(33,34)28-19-26(32)29-23-10-12-24(13-11-23)31-16-14-30(15-17-31)20-21-6-2-1-3-7-21/h1-13,28H,14-17,19-20H2,(H,29,32). The summed E-state index contributed by atoms with van der Waals surface area (Å²) in [5, 5.41) is 11.8. The SMILES string of the molecule is N#Cc1ccccc1S(=O)(=O)NCC(=O)Nc1ccc(N2CCN(Cc3ccccc3)CC2)cc1. The lowest BCUT2D eigenvalue weighted by atomic mass is 10.2. The molecule has 1 saturated heterocycles. The highest BCUT2D eigenvalue weighted by molar-refractivity contribution is 7.89. The van der Waals surface area contributed by atoms with Crippen LogP contribution in [0.15, 0.2) is 83.8 Å². The van der Waals surface area contributed by atoms with Crippen molar-refractivity contribution in [3.05, 3.63) is 90.0 Å². The first-order valence-corrected chi connectivity index (χ1v) is 12.8. The van der Waals surface area contributed by atoms with Gasteiger partial charge in [-0.15, -0.1) is 0 Å². The van der Waals surface area contributed by atoms with Crippen LogP contribution in [0.4, 0.5) is 11.4 Å². The fraction of sp³-hybridized carbons (Fsp3) is 0.231. The molecule has 1 fully saturated rings. The number of amides is 1. The second kappa shape index (κ2) is 11.1. The fourth-order valence-corrected chi connectivity index (χ4v) is 5.14. The van der Waals surface area contributed by atoms with Gasteiger partial charge in [-0.1, -0.05) is 42.5 Å². The summed E-state index contributed by atoms with van der Waals surface area (Å²) in [6.07, 6.45) is 0. The number of nitrogens with one attached hydrogen (secondary N) is 2. The number of carbonyl (C=O) groups excluding carboxylic acids is 1. The van der Waals surface area contributed by atoms with E-state index in [0.29, 0.717) is 5.69 Å². The van der Waals surface area contributed by atoms with Crippen molar-refractivity contribution in [2.45, 2.75) is 11.4 Å². The molecule has 4 rings (SSSR count). The van der Waals surface area contributed by atoms with E-state index >= 15 is 0 Å². The lowest BCUT2D eigenvalue weighted by molar-refractivity contribution is -0.115. The van der Waals surface area contributed by atoms with Crippen molar-refractivity contribution in [2.24, 2.45) is 0 Å². The van der Waals surface area contributed by atoms with Crippen LogP contribution in [0.5, 0.6) is 0 Å². The molecule has 0 spiro atoms. The summed E-state index contributed by atoms with van der Waals surface area (Å²) in [7, 11) is -3.98. The molecule has 180 valence electrons. The normalized spacial score (nSPS) is 14.3. The number of nitriles is 1. The third-order valence-corrected chi connectivity index (χ3v) is 7.32. The molecule has 0 unspecified atom stereocenters. The quantitative estimate of drug-likeness (QED) is 0.504. The molecule has 3 aromatic rings. The van der Waals surface area contributed by atoms with Gasteiger partial charge in [-0.2, -0.15) is 5.26 Å². The fourth-order valence-electron chi connectivity index (χ4n) is 4.00. The molecule has 8 nitrogen and oxygen atoms in total. The number of anilines is 2. The van der Waals surface area contributed by atoms with Crippen molar-refractivity contribution in [2.75, 3.05) is 42.9 Å². The zero-order valence-electron chi connectivity index (χ0n) is 19.2. The summed E-state index contributed by atoms with van der Waals surface area (Å²) in [4.78, 5) is 16.9. The molecule has 9 heteroatoms. The zero-order valence-corrected chi connectivity index (χ0v) is 20.0. The number of sulfonamides is 1. The lowest BCUT2D eigenvalue weighted by Crippen LogP contribution is -2.45. The lowest BCUT2D eigenvalue weighted by Gasteiger charge is -2.36. The topological polar surface area (TPSA) is 106 Å². The van der Waals surface area contributed by atoms with Crippen LogP contribution in [-0.4, -0.2) is 51.9 Å². The molecule has 3 aromatic carbocycles. The van der Waals surface area contributed by atoms with Crippen LogP contribution in [0.1, 0.15) is 11.1 Å². The van der Waals surface area contributed by atoms with Gasteiger partial charge in [0, 0.05) is 44.1 Å². The summed E-state index contributed by atoms with van der Waals surface area (Å²) in [5.74, 6) is -0.495. The average Bonchev–Trinajstić information content (AvgIpc) is 2.89. The Hall–Kier alpha value is -3.71. The Morgan fingerprint density at radius 2 is 1.54 bits per heavy atom. The first-order chi connectivity index (χ1) is 16.9. The van der Waals surface area contributed by atoms with E-state index in [9.17, 15) is 13.2 Å². The summed E-state index contributed by atoms with van der Waals surface area (Å²) in [5.41, 5.74) is 3.00. The van der Waals surface area contributed by atoms with E-state index in [1.165, 1.54) is 23.8 Å². The van der Waals surface area contributed by atoms with E-state index in [1.54, 1.807) is 6.07 Å². The van der Waals surface area contributed by atoms with Gasteiger partial charge in [0.05, 0.1) is 17.0 Å². The molecule has 0 aliphatic carbocycles. The highest BCUT2D eigenvalue weighted by Gasteiger charge is 2.20. The zero-order chi connectivity index (χ0) is 24.7. The largest absolute Gasteiger partial charge is 0.369 e. The average molecular weight is 490 g/mol. The second-order valence-electron chi connectivity index (χ2n) is 8.28. The maximum atomic E-state index is 12.5. The molecule has 0 atom stereocenters. The van der Waals surface area contributed by atoms with Gasteiger partial charge in [0.15, 0.2) is 0 Å². The summed E-state index contributed by atoms with van der Waals surface area (Å²) in [6.45, 7) is 4.30. The van der Waals surface area contributed by atoms with Crippen LogP contribution >= 0.6 is 0 Å². The van der Waals surface area contributed by atoms with Crippen LogP contribution in [-0.2, 0) is 21.4 Å². The van der Waals surface area contributed by atoms with Crippen molar-refractivity contribution < 1.29 is 13.2 Å². The molecule has 0 radical (unpaired) electrons. The van der Waals surface area contributed by atoms with E-state index in [2.05, 4.69) is 44.1 Å². The Kier molecular flexibility index (Phi) is 7.77. The Bertz CT molecular complexity index is 1300. The van der Waals surface area contributed by atoms with Gasteiger partial charge in [-0.25, -0.2) is 13.1 Å². The van der Waals surface area contributed by atoms with Crippen molar-refractivity contribution >= 4 is 27.3 Å². The minimum absolute atomic E-state index is 0.0249. The Balaban J connectivity index is 1.26. The van der Waals surface area contributed by atoms with Crippen molar-refractivity contribution in [3.63, 3.8) is 0 Å². The third kappa shape index (κ3) is 6.45. The molecule has 1 aliphatic rings. The van der Waals surface area contributed by atoms with Gasteiger partial charge in [0.2, 0.25) is 15.9 Å². The van der Waals surface area contributed by atoms with E-state index < -0.39 is 22.5 Å². The smallest absolute Gasteiger partial charge is 0.242 e. The molecule has 0 aromatic heterocycles. The summed E-state index contributed by atoms with van der Waals surface area (Å²) >= 11 is 0. The summed E-state index contributed by atoms with van der Waals surface area (Å²) < 4.78 is 27.2. The van der Waals surface area contributed by atoms with E-state index in [4.69, 9.17) is 5.26 Å². The van der Waals surface area contributed by atoms with Crippen LogP contribution < -0.4 is 14.9 Å². The number of rotatable bonds is 8. The van der Waals surface area contributed by atoms with Crippen LogP contribution in [0.2, 0.25) is 0 Å². The maximum Gasteiger partial charge on any atom is 0.242 e. The van der Waals surface area contributed by atoms with Gasteiger partial charge >= 0.3 is 0 Å². The Morgan fingerprint density at radius 1 is 0.886 bits per heavy atom. The molecule has 2 N–H and O–H groups in total. The number of piperazine rings is 1. The van der Waals surface area contributed by atoms with Crippen molar-refractivity contribution in [1.29, 1.82) is 5.26 Å². The molecular formula is C26H27N5O3S. The van der Waals surface area contributed by atoms with Gasteiger partial charge in [-0.3, -0.25) is 9.69 Å². The monoisotopic (exact) mass is 489 g/mol. The number of benzene rings is 3.